The van der Waals surface area contributed by atoms with Crippen LogP contribution >= 0.6 is 0 Å². The van der Waals surface area contributed by atoms with E-state index in [1.807, 2.05) is 0 Å². The van der Waals surface area contributed by atoms with Crippen LogP contribution in [0.3, 0.4) is 0 Å². The third kappa shape index (κ3) is 6.14. The number of anilines is 3. The molecule has 0 atom stereocenters. The number of fused-ring (bicyclic) bond motifs is 4. The average Bonchev–Trinajstić information content (AvgIpc) is 3.69. The standard InChI is InChI=1S/C58H40N2/c1-5-18-45(19-6-1)56-54-40-39-52-50(28-16-29-53(52)58(54)60(48-25-11-4-12-26-48)57(56)46-20-7-2-8-21-46)44-33-31-41(32-34-44)42-35-37-49(38-36-42)59(47-23-9-3-10-24-47)55-30-15-22-43-17-13-14-27-51(43)55/h1-40H. The summed E-state index contributed by atoms with van der Waals surface area (Å²) in [6.45, 7) is 0. The van der Waals surface area contributed by atoms with Crippen molar-refractivity contribution in [2.24, 2.45) is 0 Å². The quantitative estimate of drug-likeness (QED) is 0.150. The lowest BCUT2D eigenvalue weighted by Crippen LogP contribution is -2.10. The maximum absolute atomic E-state index is 2.48. The Kier molecular flexibility index (Phi) is 8.87. The molecule has 0 aliphatic carbocycles. The Morgan fingerprint density at radius 1 is 0.300 bits per heavy atom. The maximum atomic E-state index is 2.48. The fourth-order valence-electron chi connectivity index (χ4n) is 9.04. The lowest BCUT2D eigenvalue weighted by molar-refractivity contribution is 1.14. The van der Waals surface area contributed by atoms with E-state index in [1.54, 1.807) is 0 Å². The summed E-state index contributed by atoms with van der Waals surface area (Å²) >= 11 is 0. The van der Waals surface area contributed by atoms with Crippen molar-refractivity contribution in [2.45, 2.75) is 0 Å². The molecule has 2 heteroatoms. The first-order valence-corrected chi connectivity index (χ1v) is 20.6. The molecule has 0 amide bonds. The van der Waals surface area contributed by atoms with Crippen LogP contribution < -0.4 is 4.90 Å². The molecule has 0 fully saturated rings. The van der Waals surface area contributed by atoms with Crippen molar-refractivity contribution in [1.29, 1.82) is 0 Å². The van der Waals surface area contributed by atoms with Gasteiger partial charge in [0.15, 0.2) is 0 Å². The van der Waals surface area contributed by atoms with Gasteiger partial charge in [-0.05, 0) is 86.6 Å². The molecule has 0 unspecified atom stereocenters. The van der Waals surface area contributed by atoms with Crippen molar-refractivity contribution in [1.82, 2.24) is 4.57 Å². The summed E-state index contributed by atoms with van der Waals surface area (Å²) in [4.78, 5) is 2.35. The summed E-state index contributed by atoms with van der Waals surface area (Å²) in [6.07, 6.45) is 0. The zero-order valence-electron chi connectivity index (χ0n) is 33.0. The number of hydrogen-bond acceptors (Lipinski definition) is 1. The van der Waals surface area contributed by atoms with E-state index < -0.39 is 0 Å². The van der Waals surface area contributed by atoms with Crippen LogP contribution in [0.4, 0.5) is 17.1 Å². The van der Waals surface area contributed by atoms with Gasteiger partial charge in [-0.2, -0.15) is 0 Å². The second kappa shape index (κ2) is 15.1. The molecule has 0 saturated heterocycles. The van der Waals surface area contributed by atoms with Crippen LogP contribution in [0, 0.1) is 0 Å². The summed E-state index contributed by atoms with van der Waals surface area (Å²) in [5.74, 6) is 0. The molecular formula is C58H40N2. The molecular weight excluding hydrogens is 725 g/mol. The van der Waals surface area contributed by atoms with Gasteiger partial charge in [-0.25, -0.2) is 0 Å². The SMILES string of the molecule is c1ccc(-c2c(-c3ccccc3)n(-c3ccccc3)c3c2ccc2c(-c4ccc(-c5ccc(N(c6ccccc6)c6cccc7ccccc67)cc5)cc4)cccc23)cc1. The van der Waals surface area contributed by atoms with Gasteiger partial charge in [-0.3, -0.25) is 0 Å². The van der Waals surface area contributed by atoms with E-state index in [0.29, 0.717) is 0 Å². The van der Waals surface area contributed by atoms with Gasteiger partial charge in [-0.15, -0.1) is 0 Å². The Labute approximate surface area is 350 Å². The van der Waals surface area contributed by atoms with Crippen LogP contribution in [0.2, 0.25) is 0 Å². The minimum absolute atomic E-state index is 1.12. The van der Waals surface area contributed by atoms with Gasteiger partial charge in [0.25, 0.3) is 0 Å². The first kappa shape index (κ1) is 35.2. The fourth-order valence-corrected chi connectivity index (χ4v) is 9.04. The van der Waals surface area contributed by atoms with Crippen LogP contribution in [-0.2, 0) is 0 Å². The monoisotopic (exact) mass is 764 g/mol. The summed E-state index contributed by atoms with van der Waals surface area (Å²) < 4.78 is 2.48. The number of rotatable bonds is 8. The average molecular weight is 765 g/mol. The van der Waals surface area contributed by atoms with Crippen molar-refractivity contribution in [3.63, 3.8) is 0 Å². The van der Waals surface area contributed by atoms with Gasteiger partial charge < -0.3 is 9.47 Å². The number of hydrogen-bond donors (Lipinski definition) is 0. The molecule has 1 heterocycles. The molecule has 0 bridgehead atoms. The van der Waals surface area contributed by atoms with Crippen molar-refractivity contribution in [3.8, 4) is 50.3 Å². The second-order valence-electron chi connectivity index (χ2n) is 15.3. The van der Waals surface area contributed by atoms with Crippen LogP contribution in [-0.4, -0.2) is 4.57 Å². The summed E-state index contributed by atoms with van der Waals surface area (Å²) in [5.41, 5.74) is 15.4. The number of nitrogens with zero attached hydrogens (tertiary/aromatic N) is 2. The van der Waals surface area contributed by atoms with Gasteiger partial charge in [0.1, 0.15) is 0 Å². The van der Waals surface area contributed by atoms with Crippen molar-refractivity contribution >= 4 is 49.5 Å². The van der Waals surface area contributed by atoms with Crippen molar-refractivity contribution in [3.05, 3.63) is 243 Å². The van der Waals surface area contributed by atoms with E-state index in [4.69, 9.17) is 0 Å². The number of aromatic nitrogens is 1. The van der Waals surface area contributed by atoms with Crippen molar-refractivity contribution in [2.75, 3.05) is 4.90 Å². The van der Waals surface area contributed by atoms with Gasteiger partial charge in [-0.1, -0.05) is 200 Å². The van der Waals surface area contributed by atoms with Crippen LogP contribution in [0.1, 0.15) is 0 Å². The van der Waals surface area contributed by atoms with E-state index in [9.17, 15) is 0 Å². The lowest BCUT2D eigenvalue weighted by Gasteiger charge is -2.27. The van der Waals surface area contributed by atoms with Gasteiger partial charge in [0, 0.05) is 38.8 Å². The topological polar surface area (TPSA) is 8.17 Å². The van der Waals surface area contributed by atoms with Gasteiger partial charge in [0.05, 0.1) is 16.9 Å². The van der Waals surface area contributed by atoms with E-state index in [2.05, 4.69) is 252 Å². The molecule has 0 aliphatic heterocycles. The van der Waals surface area contributed by atoms with Crippen molar-refractivity contribution < 1.29 is 0 Å². The fraction of sp³-hybridized carbons (Fsp3) is 0. The van der Waals surface area contributed by atoms with Crippen LogP contribution in [0.15, 0.2) is 243 Å². The zero-order chi connectivity index (χ0) is 39.8. The van der Waals surface area contributed by atoms with Crippen LogP contribution in [0.5, 0.6) is 0 Å². The molecule has 1 aromatic heterocycles. The predicted octanol–water partition coefficient (Wildman–Crippen LogP) is 16.1. The highest BCUT2D eigenvalue weighted by Gasteiger charge is 2.23. The first-order chi connectivity index (χ1) is 29.8. The summed E-state index contributed by atoms with van der Waals surface area (Å²) in [7, 11) is 0. The number of benzene rings is 10. The highest BCUT2D eigenvalue weighted by molar-refractivity contribution is 6.18. The minimum Gasteiger partial charge on any atom is -0.310 e. The molecule has 2 nitrogen and oxygen atoms in total. The number of para-hydroxylation sites is 2. The first-order valence-electron chi connectivity index (χ1n) is 20.6. The predicted molar refractivity (Wildman–Crippen MR) is 255 cm³/mol. The third-order valence-corrected chi connectivity index (χ3v) is 11.8. The largest absolute Gasteiger partial charge is 0.310 e. The van der Waals surface area contributed by atoms with E-state index >= 15 is 0 Å². The Morgan fingerprint density at radius 2 is 0.817 bits per heavy atom. The molecule has 10 aromatic carbocycles. The molecule has 0 N–H and O–H groups in total. The molecule has 0 radical (unpaired) electrons. The van der Waals surface area contributed by atoms with E-state index in [1.165, 1.54) is 77.1 Å². The summed E-state index contributed by atoms with van der Waals surface area (Å²) in [5, 5.41) is 6.13. The molecule has 0 saturated carbocycles. The van der Waals surface area contributed by atoms with E-state index in [-0.39, 0.29) is 0 Å². The Morgan fingerprint density at radius 3 is 1.53 bits per heavy atom. The molecule has 0 spiro atoms. The molecule has 60 heavy (non-hydrogen) atoms. The zero-order valence-corrected chi connectivity index (χ0v) is 33.0. The van der Waals surface area contributed by atoms with Gasteiger partial charge in [0.2, 0.25) is 0 Å². The molecule has 282 valence electrons. The maximum Gasteiger partial charge on any atom is 0.0620 e. The van der Waals surface area contributed by atoms with Crippen LogP contribution in [0.25, 0.3) is 82.8 Å². The molecule has 11 aromatic rings. The highest BCUT2D eigenvalue weighted by atomic mass is 15.1. The normalized spacial score (nSPS) is 11.3. The molecule has 11 rings (SSSR count). The Hall–Kier alpha value is -7.94. The third-order valence-electron chi connectivity index (χ3n) is 11.8. The highest BCUT2D eigenvalue weighted by Crippen LogP contribution is 2.46. The minimum atomic E-state index is 1.12. The molecule has 0 aliphatic rings. The second-order valence-corrected chi connectivity index (χ2v) is 15.3. The van der Waals surface area contributed by atoms with Gasteiger partial charge >= 0.3 is 0 Å². The smallest absolute Gasteiger partial charge is 0.0620 e. The lowest BCUT2D eigenvalue weighted by atomic mass is 9.93. The van der Waals surface area contributed by atoms with E-state index in [0.717, 1.165) is 22.7 Å². The Balaban J connectivity index is 1.01. The Bertz CT molecular complexity index is 3260. The summed E-state index contributed by atoms with van der Waals surface area (Å²) in [6, 6.07) is 87.7.